The molecule has 0 unspecified atom stereocenters. The molecule has 0 bridgehead atoms. The number of hydrazone groups is 1. The van der Waals surface area contributed by atoms with Crippen LogP contribution in [-0.2, 0) is 14.8 Å². The van der Waals surface area contributed by atoms with E-state index in [0.29, 0.717) is 10.0 Å². The molecular formula is C28H26Cl2N4O3S. The number of carbonyl (C=O) groups is 1. The average molecular weight is 570 g/mol. The quantitative estimate of drug-likeness (QED) is 0.207. The number of nitrogens with one attached hydrogen (secondary N) is 1. The average Bonchev–Trinajstić information content (AvgIpc) is 3.18. The van der Waals surface area contributed by atoms with Crippen molar-refractivity contribution in [2.75, 3.05) is 10.8 Å². The van der Waals surface area contributed by atoms with Crippen molar-refractivity contribution in [2.24, 2.45) is 5.10 Å². The first-order valence-electron chi connectivity index (χ1n) is 11.7. The number of benzene rings is 3. The number of carbonyl (C=O) groups excluding carboxylic acids is 1. The molecule has 4 rings (SSSR count). The first-order chi connectivity index (χ1) is 18.1. The van der Waals surface area contributed by atoms with Crippen LogP contribution in [0.1, 0.15) is 22.5 Å². The van der Waals surface area contributed by atoms with Crippen LogP contribution in [0.4, 0.5) is 5.69 Å². The van der Waals surface area contributed by atoms with Crippen LogP contribution in [0.2, 0.25) is 10.0 Å². The van der Waals surface area contributed by atoms with Crippen molar-refractivity contribution in [1.29, 1.82) is 0 Å². The highest BCUT2D eigenvalue weighted by atomic mass is 35.5. The topological polar surface area (TPSA) is 83.8 Å². The molecule has 0 fully saturated rings. The van der Waals surface area contributed by atoms with Gasteiger partial charge in [0, 0.05) is 32.7 Å². The Bertz CT molecular complexity index is 1600. The lowest BCUT2D eigenvalue weighted by Crippen LogP contribution is -2.39. The van der Waals surface area contributed by atoms with Gasteiger partial charge in [0.15, 0.2) is 0 Å². The lowest BCUT2D eigenvalue weighted by molar-refractivity contribution is -0.119. The summed E-state index contributed by atoms with van der Waals surface area (Å²) in [4.78, 5) is 12.9. The van der Waals surface area contributed by atoms with E-state index in [2.05, 4.69) is 15.1 Å². The normalized spacial score (nSPS) is 11.6. The molecule has 196 valence electrons. The molecule has 0 aliphatic heterocycles. The molecule has 10 heteroatoms. The molecule has 1 amide bonds. The molecule has 0 radical (unpaired) electrons. The largest absolute Gasteiger partial charge is 0.318 e. The highest BCUT2D eigenvalue weighted by Crippen LogP contribution is 2.28. The van der Waals surface area contributed by atoms with Crippen molar-refractivity contribution in [2.45, 2.75) is 25.7 Å². The van der Waals surface area contributed by atoms with E-state index >= 15 is 0 Å². The Hall–Kier alpha value is -3.59. The maximum Gasteiger partial charge on any atom is 0.264 e. The first kappa shape index (κ1) is 27.4. The molecule has 0 saturated heterocycles. The predicted octanol–water partition coefficient (Wildman–Crippen LogP) is 6.05. The Kier molecular flexibility index (Phi) is 8.26. The Morgan fingerprint density at radius 1 is 0.974 bits per heavy atom. The fourth-order valence-corrected chi connectivity index (χ4v) is 5.75. The van der Waals surface area contributed by atoms with Crippen LogP contribution in [0.25, 0.3) is 5.69 Å². The van der Waals surface area contributed by atoms with Crippen molar-refractivity contribution in [1.82, 2.24) is 9.99 Å². The summed E-state index contributed by atoms with van der Waals surface area (Å²) in [6, 6.07) is 22.2. The van der Waals surface area contributed by atoms with Gasteiger partial charge in [0.05, 0.1) is 16.8 Å². The predicted molar refractivity (Wildman–Crippen MR) is 153 cm³/mol. The number of amides is 1. The van der Waals surface area contributed by atoms with Gasteiger partial charge in [-0.3, -0.25) is 9.10 Å². The van der Waals surface area contributed by atoms with Crippen molar-refractivity contribution >= 4 is 51.0 Å². The van der Waals surface area contributed by atoms with Gasteiger partial charge in [-0.15, -0.1) is 0 Å². The van der Waals surface area contributed by atoms with Gasteiger partial charge >= 0.3 is 0 Å². The lowest BCUT2D eigenvalue weighted by atomic mass is 10.2. The fourth-order valence-electron chi connectivity index (χ4n) is 4.02. The highest BCUT2D eigenvalue weighted by Gasteiger charge is 2.27. The Labute approximate surface area is 232 Å². The van der Waals surface area contributed by atoms with Crippen LogP contribution in [0.15, 0.2) is 88.9 Å². The van der Waals surface area contributed by atoms with Gasteiger partial charge in [-0.1, -0.05) is 47.5 Å². The second-order valence-electron chi connectivity index (χ2n) is 8.69. The summed E-state index contributed by atoms with van der Waals surface area (Å²) in [5.74, 6) is -0.607. The third-order valence-corrected chi connectivity index (χ3v) is 8.46. The fraction of sp³-hybridized carbons (Fsp3) is 0.143. The summed E-state index contributed by atoms with van der Waals surface area (Å²) in [7, 11) is -4.05. The van der Waals surface area contributed by atoms with Crippen LogP contribution in [0.5, 0.6) is 0 Å². The van der Waals surface area contributed by atoms with Crippen molar-refractivity contribution in [3.05, 3.63) is 111 Å². The van der Waals surface area contributed by atoms with Gasteiger partial charge in [0.25, 0.3) is 15.9 Å². The number of aryl methyl sites for hydroxylation is 2. The zero-order chi connectivity index (χ0) is 27.4. The molecule has 0 aliphatic carbocycles. The van der Waals surface area contributed by atoms with E-state index in [9.17, 15) is 13.2 Å². The Morgan fingerprint density at radius 2 is 1.66 bits per heavy atom. The van der Waals surface area contributed by atoms with Gasteiger partial charge in [-0.2, -0.15) is 5.10 Å². The number of aromatic nitrogens is 1. The maximum absolute atomic E-state index is 13.5. The second-order valence-corrected chi connectivity index (χ2v) is 11.4. The van der Waals surface area contributed by atoms with Gasteiger partial charge < -0.3 is 4.57 Å². The molecular weight excluding hydrogens is 543 g/mol. The van der Waals surface area contributed by atoms with E-state index in [4.69, 9.17) is 23.2 Å². The van der Waals surface area contributed by atoms with Gasteiger partial charge in [-0.25, -0.2) is 13.8 Å². The molecule has 1 N–H and O–H groups in total. The molecule has 0 atom stereocenters. The number of hydrogen-bond donors (Lipinski definition) is 1. The van der Waals surface area contributed by atoms with E-state index in [1.807, 2.05) is 51.1 Å². The van der Waals surface area contributed by atoms with Gasteiger partial charge in [0.2, 0.25) is 0 Å². The molecule has 38 heavy (non-hydrogen) atoms. The van der Waals surface area contributed by atoms with Crippen LogP contribution in [0.3, 0.4) is 0 Å². The summed E-state index contributed by atoms with van der Waals surface area (Å²) < 4.78 is 30.0. The second kappa shape index (κ2) is 11.4. The minimum Gasteiger partial charge on any atom is -0.318 e. The Balaban J connectivity index is 1.56. The zero-order valence-corrected chi connectivity index (χ0v) is 23.3. The Morgan fingerprint density at radius 3 is 2.32 bits per heavy atom. The molecule has 0 saturated carbocycles. The molecule has 0 spiro atoms. The number of hydrogen-bond acceptors (Lipinski definition) is 4. The van der Waals surface area contributed by atoms with E-state index in [0.717, 1.165) is 32.5 Å². The molecule has 1 heterocycles. The number of halogens is 2. The van der Waals surface area contributed by atoms with Crippen molar-refractivity contribution in [3.8, 4) is 5.69 Å². The van der Waals surface area contributed by atoms with Crippen molar-refractivity contribution < 1.29 is 13.2 Å². The van der Waals surface area contributed by atoms with Crippen LogP contribution >= 0.6 is 23.2 Å². The lowest BCUT2D eigenvalue weighted by Gasteiger charge is -2.24. The van der Waals surface area contributed by atoms with E-state index in [1.165, 1.54) is 24.4 Å². The number of rotatable bonds is 8. The standard InChI is InChI=1S/C28H26Cl2N4O3S/c1-19-9-12-25(16-27(19)30)33(38(36,37)26-7-5-4-6-8-26)18-28(35)32-31-17-22-15-20(2)34(21(22)3)24-13-10-23(29)11-14-24/h4-17H,18H2,1-3H3,(H,32,35)/b31-17-. The third kappa shape index (κ3) is 5.93. The number of nitrogens with zero attached hydrogens (tertiary/aromatic N) is 3. The van der Waals surface area contributed by atoms with E-state index in [1.54, 1.807) is 30.3 Å². The SMILES string of the molecule is Cc1ccc(N(CC(=O)N/N=C\c2cc(C)n(-c3ccc(Cl)cc3)c2C)S(=O)(=O)c2ccccc2)cc1Cl. The van der Waals surface area contributed by atoms with Crippen LogP contribution in [0, 0.1) is 20.8 Å². The smallest absolute Gasteiger partial charge is 0.264 e. The minimum absolute atomic E-state index is 0.0580. The molecule has 7 nitrogen and oxygen atoms in total. The molecule has 4 aromatic rings. The van der Waals surface area contributed by atoms with E-state index < -0.39 is 22.5 Å². The van der Waals surface area contributed by atoms with Crippen LogP contribution in [-0.4, -0.2) is 31.7 Å². The summed E-state index contributed by atoms with van der Waals surface area (Å²) >= 11 is 12.3. The molecule has 0 aliphatic rings. The third-order valence-electron chi connectivity index (χ3n) is 6.01. The summed E-state index contributed by atoms with van der Waals surface area (Å²) in [6.45, 7) is 5.24. The monoisotopic (exact) mass is 568 g/mol. The first-order valence-corrected chi connectivity index (χ1v) is 13.9. The summed E-state index contributed by atoms with van der Waals surface area (Å²) in [6.07, 6.45) is 1.53. The molecule has 1 aromatic heterocycles. The zero-order valence-electron chi connectivity index (χ0n) is 21.0. The number of sulfonamides is 1. The van der Waals surface area contributed by atoms with Gasteiger partial charge in [-0.05, 0) is 80.9 Å². The number of anilines is 1. The van der Waals surface area contributed by atoms with Crippen molar-refractivity contribution in [3.63, 3.8) is 0 Å². The maximum atomic E-state index is 13.5. The minimum atomic E-state index is -4.05. The van der Waals surface area contributed by atoms with Crippen LogP contribution < -0.4 is 9.73 Å². The van der Waals surface area contributed by atoms with Gasteiger partial charge in [0.1, 0.15) is 6.54 Å². The summed E-state index contributed by atoms with van der Waals surface area (Å²) in [5.41, 5.74) is 7.17. The summed E-state index contributed by atoms with van der Waals surface area (Å²) in [5, 5.41) is 5.13. The molecule has 3 aromatic carbocycles. The van der Waals surface area contributed by atoms with E-state index in [-0.39, 0.29) is 10.6 Å². The highest BCUT2D eigenvalue weighted by molar-refractivity contribution is 7.92.